The number of carboxylic acids is 1. The fourth-order valence-electron chi connectivity index (χ4n) is 7.12. The molecule has 0 amide bonds. The minimum atomic E-state index is -4.71. The minimum absolute atomic E-state index is 0.0222. The van der Waals surface area contributed by atoms with Gasteiger partial charge in [0.15, 0.2) is 0 Å². The Labute approximate surface area is 223 Å². The zero-order valence-electron chi connectivity index (χ0n) is 21.5. The van der Waals surface area contributed by atoms with Gasteiger partial charge in [-0.05, 0) is 78.8 Å². The second-order valence-electron chi connectivity index (χ2n) is 11.5. The summed E-state index contributed by atoms with van der Waals surface area (Å²) in [6.07, 6.45) is -4.51. The Kier molecular flexibility index (Phi) is 7.54. The van der Waals surface area contributed by atoms with Crippen molar-refractivity contribution in [2.24, 2.45) is 17.3 Å². The normalized spacial score (nSPS) is 27.3. The molecule has 2 aromatic rings. The average molecular weight is 558 g/mol. The first-order valence-corrected chi connectivity index (χ1v) is 13.7. The van der Waals surface area contributed by atoms with Gasteiger partial charge < -0.3 is 15.2 Å². The number of nitrogens with one attached hydrogen (secondary N) is 1. The molecule has 2 N–H and O–H groups in total. The van der Waals surface area contributed by atoms with E-state index in [0.717, 1.165) is 37.7 Å². The Bertz CT molecular complexity index is 1200. The molecule has 0 radical (unpaired) electrons. The van der Waals surface area contributed by atoms with E-state index < -0.39 is 35.9 Å². The lowest BCUT2D eigenvalue weighted by atomic mass is 9.50. The largest absolute Gasteiger partial charge is 0.490 e. The molecule has 0 aliphatic heterocycles. The van der Waals surface area contributed by atoms with Crippen molar-refractivity contribution in [1.29, 1.82) is 0 Å². The van der Waals surface area contributed by atoms with Crippen LogP contribution in [0.5, 0.6) is 5.75 Å². The van der Waals surface area contributed by atoms with Gasteiger partial charge in [0.05, 0.1) is 17.9 Å². The first-order chi connectivity index (χ1) is 18.4. The molecule has 0 saturated heterocycles. The lowest BCUT2D eigenvalue weighted by Gasteiger charge is -2.56. The molecule has 214 valence electrons. The van der Waals surface area contributed by atoms with Gasteiger partial charge in [-0.25, -0.2) is 0 Å². The van der Waals surface area contributed by atoms with Crippen molar-refractivity contribution >= 4 is 16.7 Å². The number of fused-ring (bicyclic) bond motifs is 1. The summed E-state index contributed by atoms with van der Waals surface area (Å²) < 4.78 is 87.1. The quantitative estimate of drug-likeness (QED) is 0.355. The topological polar surface area (TPSA) is 58.6 Å². The third-order valence-corrected chi connectivity index (χ3v) is 9.25. The van der Waals surface area contributed by atoms with Gasteiger partial charge in [-0.2, -0.15) is 26.3 Å². The number of carboxylic acid groups (broad SMARTS) is 1. The summed E-state index contributed by atoms with van der Waals surface area (Å²) in [5.74, 6) is -2.91. The maximum atomic E-state index is 14.2. The van der Waals surface area contributed by atoms with Crippen molar-refractivity contribution in [2.45, 2.75) is 95.3 Å². The van der Waals surface area contributed by atoms with Crippen LogP contribution in [-0.4, -0.2) is 29.4 Å². The third-order valence-electron chi connectivity index (χ3n) is 9.25. The number of carbonyl (C=O) groups is 1. The number of hydrogen-bond acceptors (Lipinski definition) is 3. The number of benzene rings is 2. The SMILES string of the molecule is O=C(O)C1CC(NCc2ccc3c(C(F)(F)F)c(OC4CCC(C(F)(F)F)CC4)ccc3c2)C12CCCCC2. The smallest absolute Gasteiger partial charge is 0.420 e. The van der Waals surface area contributed by atoms with Gasteiger partial charge in [0.2, 0.25) is 0 Å². The maximum Gasteiger partial charge on any atom is 0.420 e. The number of halogens is 6. The fourth-order valence-corrected chi connectivity index (χ4v) is 7.12. The van der Waals surface area contributed by atoms with E-state index in [-0.39, 0.29) is 54.2 Å². The van der Waals surface area contributed by atoms with Gasteiger partial charge in [0.25, 0.3) is 0 Å². The van der Waals surface area contributed by atoms with E-state index in [1.165, 1.54) is 12.1 Å². The van der Waals surface area contributed by atoms with Gasteiger partial charge in [-0.1, -0.05) is 37.5 Å². The molecule has 3 aliphatic carbocycles. The summed E-state index contributed by atoms with van der Waals surface area (Å²) in [4.78, 5) is 11.8. The van der Waals surface area contributed by atoms with E-state index in [9.17, 15) is 36.2 Å². The van der Waals surface area contributed by atoms with E-state index in [0.29, 0.717) is 18.4 Å². The van der Waals surface area contributed by atoms with Gasteiger partial charge in [-0.15, -0.1) is 0 Å². The summed E-state index contributed by atoms with van der Waals surface area (Å²) in [5, 5.41) is 13.5. The molecular weight excluding hydrogens is 524 g/mol. The highest BCUT2D eigenvalue weighted by molar-refractivity contribution is 5.89. The zero-order valence-corrected chi connectivity index (χ0v) is 21.5. The van der Waals surface area contributed by atoms with E-state index in [2.05, 4.69) is 5.32 Å². The van der Waals surface area contributed by atoms with Crippen molar-refractivity contribution in [3.05, 3.63) is 41.5 Å². The number of aliphatic carboxylic acids is 1. The molecule has 2 unspecified atom stereocenters. The molecule has 0 heterocycles. The molecule has 1 spiro atoms. The highest BCUT2D eigenvalue weighted by atomic mass is 19.4. The summed E-state index contributed by atoms with van der Waals surface area (Å²) in [5.41, 5.74) is -0.378. The van der Waals surface area contributed by atoms with Crippen LogP contribution in [0.3, 0.4) is 0 Å². The van der Waals surface area contributed by atoms with E-state index in [4.69, 9.17) is 4.74 Å². The van der Waals surface area contributed by atoms with Crippen molar-refractivity contribution in [3.8, 4) is 5.75 Å². The molecule has 0 bridgehead atoms. The van der Waals surface area contributed by atoms with E-state index >= 15 is 0 Å². The summed E-state index contributed by atoms with van der Waals surface area (Å²) in [6, 6.07) is 7.61. The van der Waals surface area contributed by atoms with Gasteiger partial charge in [-0.3, -0.25) is 4.79 Å². The third kappa shape index (κ3) is 5.58. The minimum Gasteiger partial charge on any atom is -0.490 e. The first kappa shape index (κ1) is 28.1. The Morgan fingerprint density at radius 2 is 1.67 bits per heavy atom. The number of hydrogen-bond donors (Lipinski definition) is 2. The summed E-state index contributed by atoms with van der Waals surface area (Å²) >= 11 is 0. The predicted octanol–water partition coefficient (Wildman–Crippen LogP) is 7.87. The molecule has 3 saturated carbocycles. The fraction of sp³-hybridized carbons (Fsp3) is 0.621. The highest BCUT2D eigenvalue weighted by Crippen LogP contribution is 2.56. The second-order valence-corrected chi connectivity index (χ2v) is 11.5. The molecule has 2 aromatic carbocycles. The number of ether oxygens (including phenoxy) is 1. The second kappa shape index (κ2) is 10.5. The molecule has 5 rings (SSSR count). The van der Waals surface area contributed by atoms with Crippen LogP contribution >= 0.6 is 0 Å². The van der Waals surface area contributed by atoms with Crippen LogP contribution in [0.25, 0.3) is 10.8 Å². The van der Waals surface area contributed by atoms with Crippen LogP contribution < -0.4 is 10.1 Å². The molecule has 2 atom stereocenters. The maximum absolute atomic E-state index is 14.2. The lowest BCUT2D eigenvalue weighted by molar-refractivity contribution is -0.185. The van der Waals surface area contributed by atoms with Crippen molar-refractivity contribution in [2.75, 3.05) is 0 Å². The molecule has 0 aromatic heterocycles. The molecule has 3 aliphatic rings. The predicted molar refractivity (Wildman–Crippen MR) is 133 cm³/mol. The van der Waals surface area contributed by atoms with Gasteiger partial charge in [0.1, 0.15) is 11.3 Å². The van der Waals surface area contributed by atoms with Crippen molar-refractivity contribution in [1.82, 2.24) is 5.32 Å². The van der Waals surface area contributed by atoms with Crippen molar-refractivity contribution in [3.63, 3.8) is 0 Å². The van der Waals surface area contributed by atoms with Crippen LogP contribution in [0.1, 0.15) is 75.3 Å². The average Bonchev–Trinajstić information content (AvgIpc) is 2.87. The molecule has 3 fully saturated rings. The first-order valence-electron chi connectivity index (χ1n) is 13.7. The summed E-state index contributed by atoms with van der Waals surface area (Å²) in [6.45, 7) is 0.413. The number of alkyl halides is 6. The Morgan fingerprint density at radius 3 is 2.28 bits per heavy atom. The lowest BCUT2D eigenvalue weighted by Crippen LogP contribution is -2.62. The number of rotatable bonds is 6. The highest BCUT2D eigenvalue weighted by Gasteiger charge is 2.57. The zero-order chi connectivity index (χ0) is 28.0. The van der Waals surface area contributed by atoms with Crippen LogP contribution in [0.15, 0.2) is 30.3 Å². The van der Waals surface area contributed by atoms with Crippen LogP contribution in [0.4, 0.5) is 26.3 Å². The Morgan fingerprint density at radius 1 is 0.974 bits per heavy atom. The monoisotopic (exact) mass is 557 g/mol. The summed E-state index contributed by atoms with van der Waals surface area (Å²) in [7, 11) is 0. The molecular formula is C29H33F6NO3. The van der Waals surface area contributed by atoms with E-state index in [1.54, 1.807) is 18.2 Å². The van der Waals surface area contributed by atoms with Crippen LogP contribution in [0.2, 0.25) is 0 Å². The molecule has 4 nitrogen and oxygen atoms in total. The Balaban J connectivity index is 1.31. The van der Waals surface area contributed by atoms with Crippen LogP contribution in [-0.2, 0) is 17.5 Å². The molecule has 39 heavy (non-hydrogen) atoms. The van der Waals surface area contributed by atoms with E-state index in [1.807, 2.05) is 0 Å². The van der Waals surface area contributed by atoms with Crippen molar-refractivity contribution < 1.29 is 41.0 Å². The van der Waals surface area contributed by atoms with Gasteiger partial charge >= 0.3 is 18.3 Å². The van der Waals surface area contributed by atoms with Gasteiger partial charge in [0, 0.05) is 12.6 Å². The Hall–Kier alpha value is -2.49. The standard InChI is InChI=1S/C29H33F6NO3/c30-28(31,32)19-6-8-20(9-7-19)39-23-11-5-18-14-17(4-10-21(18)25(23)29(33,34)35)16-36-24-15-22(26(37)38)27(24)12-2-1-3-13-27/h4-5,10-11,14,19-20,22,24,36H,1-3,6-9,12-13,15-16H2,(H,37,38). The van der Waals surface area contributed by atoms with Crippen LogP contribution in [0, 0.1) is 17.3 Å². The molecule has 10 heteroatoms.